The van der Waals surface area contributed by atoms with Crippen molar-refractivity contribution in [1.82, 2.24) is 15.3 Å². The summed E-state index contributed by atoms with van der Waals surface area (Å²) >= 11 is 0. The summed E-state index contributed by atoms with van der Waals surface area (Å²) in [6, 6.07) is 5.74. The lowest BCUT2D eigenvalue weighted by atomic mass is 9.79. The van der Waals surface area contributed by atoms with Gasteiger partial charge in [-0.3, -0.25) is 4.79 Å². The van der Waals surface area contributed by atoms with Gasteiger partial charge in [0, 0.05) is 25.9 Å². The van der Waals surface area contributed by atoms with E-state index in [0.29, 0.717) is 18.4 Å². The van der Waals surface area contributed by atoms with E-state index in [-0.39, 0.29) is 48.8 Å². The fourth-order valence-corrected chi connectivity index (χ4v) is 5.53. The molecule has 3 aliphatic rings. The molecule has 1 amide bonds. The number of hydrogen-bond donors (Lipinski definition) is 3. The summed E-state index contributed by atoms with van der Waals surface area (Å²) in [5, 5.41) is 3.12. The van der Waals surface area contributed by atoms with Crippen molar-refractivity contribution in [3.8, 4) is 0 Å². The standard InChI is InChI=1S/C25H34F2N4O2/c1-24(2)13-17(7-8-33-24)21(28)23-29-18-6-5-16(10-19(18)30-23)22(15-3-4-15)31-20(32)9-14-11-25(26,27)12-14/h5-6,10,14-15,17,21-22H,3-4,7-9,11-13,28H2,1-2H3,(H,29,30)(H,31,32)/t17?,21-,22+/m0/s1. The summed E-state index contributed by atoms with van der Waals surface area (Å²) < 4.78 is 32.1. The van der Waals surface area contributed by atoms with Gasteiger partial charge in [0.2, 0.25) is 11.8 Å². The van der Waals surface area contributed by atoms with Crippen molar-refractivity contribution in [2.75, 3.05) is 6.61 Å². The monoisotopic (exact) mass is 460 g/mol. The van der Waals surface area contributed by atoms with Gasteiger partial charge in [-0.15, -0.1) is 0 Å². The Bertz CT molecular complexity index is 1020. The number of halogens is 2. The third-order valence-electron chi connectivity index (χ3n) is 7.50. The third kappa shape index (κ3) is 5.06. The molecule has 1 aromatic carbocycles. The second-order valence-electron chi connectivity index (χ2n) is 11.0. The van der Waals surface area contributed by atoms with Crippen LogP contribution in [0, 0.1) is 17.8 Å². The Morgan fingerprint density at radius 3 is 2.67 bits per heavy atom. The number of alkyl halides is 2. The molecule has 2 heterocycles. The second kappa shape index (κ2) is 8.31. The summed E-state index contributed by atoms with van der Waals surface area (Å²) in [4.78, 5) is 20.7. The number of benzene rings is 1. The van der Waals surface area contributed by atoms with E-state index < -0.39 is 5.92 Å². The zero-order valence-electron chi connectivity index (χ0n) is 19.4. The van der Waals surface area contributed by atoms with Gasteiger partial charge < -0.3 is 20.8 Å². The average molecular weight is 461 g/mol. The van der Waals surface area contributed by atoms with Crippen molar-refractivity contribution in [2.24, 2.45) is 23.5 Å². The highest BCUT2D eigenvalue weighted by molar-refractivity contribution is 5.78. The third-order valence-corrected chi connectivity index (χ3v) is 7.50. The number of amides is 1. The van der Waals surface area contributed by atoms with E-state index in [2.05, 4.69) is 24.1 Å². The molecule has 6 nitrogen and oxygen atoms in total. The molecule has 1 saturated heterocycles. The van der Waals surface area contributed by atoms with Gasteiger partial charge in [-0.2, -0.15) is 0 Å². The van der Waals surface area contributed by atoms with Crippen LogP contribution >= 0.6 is 0 Å². The maximum atomic E-state index is 13.1. The first-order chi connectivity index (χ1) is 15.6. The van der Waals surface area contributed by atoms with Crippen molar-refractivity contribution in [2.45, 2.75) is 82.4 Å². The number of hydrogen-bond acceptors (Lipinski definition) is 4. The molecule has 3 atom stereocenters. The van der Waals surface area contributed by atoms with Crippen LogP contribution in [-0.2, 0) is 9.53 Å². The number of nitrogens with two attached hydrogens (primary N) is 1. The number of rotatable bonds is 7. The van der Waals surface area contributed by atoms with Crippen molar-refractivity contribution in [3.63, 3.8) is 0 Å². The molecule has 4 N–H and O–H groups in total. The number of carbonyl (C=O) groups is 1. The normalized spacial score (nSPS) is 26.5. The number of aromatic nitrogens is 2. The van der Waals surface area contributed by atoms with Crippen LogP contribution in [0.4, 0.5) is 8.78 Å². The fraction of sp³-hybridized carbons (Fsp3) is 0.680. The van der Waals surface area contributed by atoms with Gasteiger partial charge >= 0.3 is 0 Å². The summed E-state index contributed by atoms with van der Waals surface area (Å²) in [6.07, 6.45) is 3.73. The Kier molecular flexibility index (Phi) is 5.72. The molecular formula is C25H34F2N4O2. The number of H-pyrrole nitrogens is 1. The minimum atomic E-state index is -2.59. The molecule has 1 aliphatic heterocycles. The molecule has 8 heteroatoms. The summed E-state index contributed by atoms with van der Waals surface area (Å²) in [6.45, 7) is 4.90. The van der Waals surface area contributed by atoms with Crippen LogP contribution in [0.2, 0.25) is 0 Å². The molecule has 3 fully saturated rings. The number of fused-ring (bicyclic) bond motifs is 1. The molecule has 33 heavy (non-hydrogen) atoms. The zero-order chi connectivity index (χ0) is 23.4. The number of carbonyl (C=O) groups excluding carboxylic acids is 1. The predicted molar refractivity (Wildman–Crippen MR) is 122 cm³/mol. The van der Waals surface area contributed by atoms with Gasteiger partial charge in [0.1, 0.15) is 5.82 Å². The Morgan fingerprint density at radius 2 is 2.00 bits per heavy atom. The van der Waals surface area contributed by atoms with Crippen LogP contribution in [0.15, 0.2) is 18.2 Å². The smallest absolute Gasteiger partial charge is 0.248 e. The van der Waals surface area contributed by atoms with Crippen LogP contribution in [0.5, 0.6) is 0 Å². The number of aromatic amines is 1. The predicted octanol–water partition coefficient (Wildman–Crippen LogP) is 4.77. The van der Waals surface area contributed by atoms with Gasteiger partial charge in [0.05, 0.1) is 28.7 Å². The van der Waals surface area contributed by atoms with Gasteiger partial charge in [-0.1, -0.05) is 6.07 Å². The van der Waals surface area contributed by atoms with E-state index in [0.717, 1.165) is 48.1 Å². The lowest BCUT2D eigenvalue weighted by molar-refractivity contribution is -0.134. The van der Waals surface area contributed by atoms with Crippen molar-refractivity contribution >= 4 is 16.9 Å². The molecule has 1 unspecified atom stereocenters. The number of nitrogens with one attached hydrogen (secondary N) is 2. The number of nitrogens with zero attached hydrogens (tertiary/aromatic N) is 1. The first kappa shape index (κ1) is 22.7. The van der Waals surface area contributed by atoms with E-state index in [1.54, 1.807) is 0 Å². The molecule has 0 spiro atoms. The second-order valence-corrected chi connectivity index (χ2v) is 11.0. The molecule has 5 rings (SSSR count). The number of ether oxygens (including phenoxy) is 1. The molecule has 1 aromatic heterocycles. The van der Waals surface area contributed by atoms with Crippen molar-refractivity contribution in [1.29, 1.82) is 0 Å². The minimum absolute atomic E-state index is 0.0980. The van der Waals surface area contributed by atoms with Gasteiger partial charge in [0.25, 0.3) is 0 Å². The number of imidazole rings is 1. The van der Waals surface area contributed by atoms with Gasteiger partial charge in [0.15, 0.2) is 0 Å². The topological polar surface area (TPSA) is 93.0 Å². The van der Waals surface area contributed by atoms with E-state index in [1.807, 2.05) is 18.2 Å². The Labute approximate surface area is 193 Å². The lowest BCUT2D eigenvalue weighted by Crippen LogP contribution is -2.39. The van der Waals surface area contributed by atoms with Gasteiger partial charge in [-0.25, -0.2) is 13.8 Å². The molecule has 180 valence electrons. The molecule has 2 aromatic rings. The Morgan fingerprint density at radius 1 is 1.24 bits per heavy atom. The zero-order valence-corrected chi connectivity index (χ0v) is 19.4. The highest BCUT2D eigenvalue weighted by Gasteiger charge is 2.46. The summed E-state index contributed by atoms with van der Waals surface area (Å²) in [5.74, 6) is -1.47. The molecule has 2 aliphatic carbocycles. The SMILES string of the molecule is CC1(C)CC([C@H](N)c2nc3ccc([C@H](NC(=O)CC4CC(F)(F)C4)C4CC4)cc3[nH]2)CCO1. The van der Waals surface area contributed by atoms with Crippen molar-refractivity contribution < 1.29 is 18.3 Å². The van der Waals surface area contributed by atoms with Crippen LogP contribution in [0.25, 0.3) is 11.0 Å². The van der Waals surface area contributed by atoms with E-state index in [4.69, 9.17) is 15.5 Å². The first-order valence-corrected chi connectivity index (χ1v) is 12.1. The highest BCUT2D eigenvalue weighted by Crippen LogP contribution is 2.45. The van der Waals surface area contributed by atoms with Crippen LogP contribution < -0.4 is 11.1 Å². The summed E-state index contributed by atoms with van der Waals surface area (Å²) in [7, 11) is 0. The van der Waals surface area contributed by atoms with E-state index in [9.17, 15) is 13.6 Å². The Balaban J connectivity index is 1.29. The van der Waals surface area contributed by atoms with Crippen LogP contribution in [-0.4, -0.2) is 34.0 Å². The molecular weight excluding hydrogens is 426 g/mol. The maximum Gasteiger partial charge on any atom is 0.248 e. The van der Waals surface area contributed by atoms with Crippen molar-refractivity contribution in [3.05, 3.63) is 29.6 Å². The molecule has 0 radical (unpaired) electrons. The first-order valence-electron chi connectivity index (χ1n) is 12.1. The lowest BCUT2D eigenvalue weighted by Gasteiger charge is -2.37. The average Bonchev–Trinajstić information content (AvgIpc) is 3.47. The summed E-state index contributed by atoms with van der Waals surface area (Å²) in [5.41, 5.74) is 9.21. The van der Waals surface area contributed by atoms with Crippen LogP contribution in [0.1, 0.15) is 82.3 Å². The van der Waals surface area contributed by atoms with E-state index in [1.165, 1.54) is 0 Å². The van der Waals surface area contributed by atoms with Crippen LogP contribution in [0.3, 0.4) is 0 Å². The Hall–Kier alpha value is -2.06. The minimum Gasteiger partial charge on any atom is -0.376 e. The quantitative estimate of drug-likeness (QED) is 0.555. The molecule has 2 saturated carbocycles. The van der Waals surface area contributed by atoms with E-state index >= 15 is 0 Å². The maximum absolute atomic E-state index is 13.1. The fourth-order valence-electron chi connectivity index (χ4n) is 5.53. The highest BCUT2D eigenvalue weighted by atomic mass is 19.3. The largest absolute Gasteiger partial charge is 0.376 e. The van der Waals surface area contributed by atoms with Gasteiger partial charge in [-0.05, 0) is 75.0 Å². The molecule has 0 bridgehead atoms.